The van der Waals surface area contributed by atoms with Crippen molar-refractivity contribution in [2.45, 2.75) is 25.7 Å². The monoisotopic (exact) mass is 354 g/mol. The number of hydrogen-bond acceptors (Lipinski definition) is 4. The number of fused-ring (bicyclic) bond motifs is 1. The number of rotatable bonds is 3. The molecule has 3 rings (SSSR count). The van der Waals surface area contributed by atoms with Gasteiger partial charge in [0, 0.05) is 0 Å². The van der Waals surface area contributed by atoms with Gasteiger partial charge in [-0.2, -0.15) is 18.3 Å². The van der Waals surface area contributed by atoms with Gasteiger partial charge in [0.1, 0.15) is 16.7 Å². The summed E-state index contributed by atoms with van der Waals surface area (Å²) < 4.78 is 39.3. The van der Waals surface area contributed by atoms with Gasteiger partial charge in [-0.25, -0.2) is 9.48 Å². The van der Waals surface area contributed by atoms with E-state index in [0.29, 0.717) is 5.56 Å². The van der Waals surface area contributed by atoms with Crippen LogP contribution in [-0.2, 0) is 12.8 Å². The Bertz CT molecular complexity index is 1030. The van der Waals surface area contributed by atoms with E-state index in [-0.39, 0.29) is 16.7 Å². The fourth-order valence-corrected chi connectivity index (χ4v) is 2.63. The number of H-pyrrole nitrogens is 2. The van der Waals surface area contributed by atoms with E-state index in [4.69, 9.17) is 0 Å². The third kappa shape index (κ3) is 2.95. The minimum atomic E-state index is -4.44. The Labute approximate surface area is 137 Å². The van der Waals surface area contributed by atoms with E-state index < -0.39 is 35.6 Å². The van der Waals surface area contributed by atoms with Crippen molar-refractivity contribution in [2.75, 3.05) is 0 Å². The molecule has 2 aromatic heterocycles. The van der Waals surface area contributed by atoms with Gasteiger partial charge in [-0.15, -0.1) is 0 Å². The average Bonchev–Trinajstić information content (AvgIpc) is 2.92. The van der Waals surface area contributed by atoms with Gasteiger partial charge in [-0.3, -0.25) is 14.8 Å². The van der Waals surface area contributed by atoms with Gasteiger partial charge in [0.2, 0.25) is 0 Å². The van der Waals surface area contributed by atoms with E-state index in [1.807, 2.05) is 4.98 Å². The smallest absolute Gasteiger partial charge is 0.390 e. The fraction of sp³-hybridized carbons (Fsp3) is 0.267. The van der Waals surface area contributed by atoms with E-state index in [0.717, 1.165) is 12.1 Å². The minimum Gasteiger partial charge on any atom is -0.390 e. The van der Waals surface area contributed by atoms with Crippen molar-refractivity contribution in [3.05, 3.63) is 61.9 Å². The number of aromatic amines is 2. The van der Waals surface area contributed by atoms with Gasteiger partial charge >= 0.3 is 11.9 Å². The molecule has 3 N–H and O–H groups in total. The molecule has 1 atom stereocenters. The van der Waals surface area contributed by atoms with E-state index in [1.165, 1.54) is 16.8 Å². The number of alkyl halides is 3. The molecule has 0 amide bonds. The number of aromatic nitrogens is 4. The molecule has 0 bridgehead atoms. The third-order valence-corrected chi connectivity index (χ3v) is 3.91. The molecule has 0 fully saturated rings. The van der Waals surface area contributed by atoms with Crippen molar-refractivity contribution in [2.24, 2.45) is 0 Å². The lowest BCUT2D eigenvalue weighted by Crippen LogP contribution is -2.23. The highest BCUT2D eigenvalue weighted by molar-refractivity contribution is 5.77. The Morgan fingerprint density at radius 1 is 1.20 bits per heavy atom. The molecule has 0 radical (unpaired) electrons. The SMILES string of the molecule is C[C@@H](c1ccc(C(F)(F)F)cc1)n1nc(CO)c2c(=O)[nH]c(=O)[nH]c21. The zero-order valence-electron chi connectivity index (χ0n) is 12.9. The molecule has 3 aromatic rings. The standard InChI is InChI=1S/C15H13F3N4O3/c1-7(8-2-4-9(5-3-8)15(16,17)18)22-12-11(10(6-23)21-22)13(24)20-14(25)19-12/h2-5,7,23H,6H2,1H3,(H2,19,20,24,25)/t7-/m0/s1. The molecule has 0 saturated heterocycles. The molecule has 25 heavy (non-hydrogen) atoms. The summed E-state index contributed by atoms with van der Waals surface area (Å²) >= 11 is 0. The van der Waals surface area contributed by atoms with Gasteiger partial charge in [-0.05, 0) is 24.6 Å². The highest BCUT2D eigenvalue weighted by Gasteiger charge is 2.30. The molecular formula is C15H13F3N4O3. The normalized spacial score (nSPS) is 13.3. The summed E-state index contributed by atoms with van der Waals surface area (Å²) in [6, 6.07) is 3.90. The van der Waals surface area contributed by atoms with E-state index >= 15 is 0 Å². The van der Waals surface area contributed by atoms with Crippen molar-refractivity contribution < 1.29 is 18.3 Å². The summed E-state index contributed by atoms with van der Waals surface area (Å²) in [6.45, 7) is 1.12. The predicted molar refractivity (Wildman–Crippen MR) is 82.2 cm³/mol. The second kappa shape index (κ2) is 5.88. The average molecular weight is 354 g/mol. The van der Waals surface area contributed by atoms with Gasteiger partial charge in [0.05, 0.1) is 18.2 Å². The van der Waals surface area contributed by atoms with Crippen LogP contribution in [0.3, 0.4) is 0 Å². The fourth-order valence-electron chi connectivity index (χ4n) is 2.63. The summed E-state index contributed by atoms with van der Waals surface area (Å²) in [5.74, 6) is 0. The van der Waals surface area contributed by atoms with E-state index in [2.05, 4.69) is 10.1 Å². The van der Waals surface area contributed by atoms with Gasteiger partial charge in [0.25, 0.3) is 5.56 Å². The largest absolute Gasteiger partial charge is 0.416 e. The van der Waals surface area contributed by atoms with Gasteiger partial charge in [0.15, 0.2) is 0 Å². The Balaban J connectivity index is 2.13. The molecule has 0 aliphatic heterocycles. The quantitative estimate of drug-likeness (QED) is 0.664. The van der Waals surface area contributed by atoms with Gasteiger partial charge in [-0.1, -0.05) is 12.1 Å². The Morgan fingerprint density at radius 3 is 2.40 bits per heavy atom. The molecule has 2 heterocycles. The van der Waals surface area contributed by atoms with Crippen LogP contribution in [-0.4, -0.2) is 24.9 Å². The Kier molecular flexibility index (Phi) is 3.99. The predicted octanol–water partition coefficient (Wildman–Crippen LogP) is 1.53. The maximum Gasteiger partial charge on any atom is 0.416 e. The summed E-state index contributed by atoms with van der Waals surface area (Å²) in [5, 5.41) is 13.5. The Morgan fingerprint density at radius 2 is 1.84 bits per heavy atom. The zero-order chi connectivity index (χ0) is 18.4. The van der Waals surface area contributed by atoms with Crippen LogP contribution in [0.5, 0.6) is 0 Å². The first kappa shape index (κ1) is 17.0. The van der Waals surface area contributed by atoms with Crippen LogP contribution in [0.4, 0.5) is 13.2 Å². The summed E-state index contributed by atoms with van der Waals surface area (Å²) in [7, 11) is 0. The second-order valence-corrected chi connectivity index (χ2v) is 5.48. The van der Waals surface area contributed by atoms with Crippen LogP contribution in [0.1, 0.15) is 29.8 Å². The Hall–Kier alpha value is -2.88. The molecule has 0 aliphatic rings. The minimum absolute atomic E-state index is 0.0286. The lowest BCUT2D eigenvalue weighted by molar-refractivity contribution is -0.137. The molecule has 1 aromatic carbocycles. The number of nitrogens with one attached hydrogen (secondary N) is 2. The molecule has 132 valence electrons. The maximum atomic E-state index is 12.7. The van der Waals surface area contributed by atoms with Crippen molar-refractivity contribution in [3.63, 3.8) is 0 Å². The first-order chi connectivity index (χ1) is 11.7. The van der Waals surface area contributed by atoms with Crippen LogP contribution >= 0.6 is 0 Å². The third-order valence-electron chi connectivity index (χ3n) is 3.91. The van der Waals surface area contributed by atoms with Crippen LogP contribution in [0.15, 0.2) is 33.9 Å². The second-order valence-electron chi connectivity index (χ2n) is 5.48. The molecule has 10 heteroatoms. The molecule has 0 spiro atoms. The lowest BCUT2D eigenvalue weighted by atomic mass is 10.1. The number of halogens is 3. The zero-order valence-corrected chi connectivity index (χ0v) is 12.9. The topological polar surface area (TPSA) is 104 Å². The number of aliphatic hydroxyl groups excluding tert-OH is 1. The number of aliphatic hydroxyl groups is 1. The first-order valence-electron chi connectivity index (χ1n) is 7.24. The van der Waals surface area contributed by atoms with Gasteiger partial charge < -0.3 is 5.11 Å². The summed E-state index contributed by atoms with van der Waals surface area (Å²) in [4.78, 5) is 28.0. The summed E-state index contributed by atoms with van der Waals surface area (Å²) in [5.41, 5.74) is -1.59. The number of hydrogen-bond donors (Lipinski definition) is 3. The molecule has 7 nitrogen and oxygen atoms in total. The molecule has 0 aliphatic carbocycles. The van der Waals surface area contributed by atoms with Crippen molar-refractivity contribution in [1.82, 2.24) is 19.7 Å². The van der Waals surface area contributed by atoms with Crippen LogP contribution in [0.25, 0.3) is 11.0 Å². The van der Waals surface area contributed by atoms with Crippen molar-refractivity contribution in [3.8, 4) is 0 Å². The summed E-state index contributed by atoms with van der Waals surface area (Å²) in [6.07, 6.45) is -4.44. The van der Waals surface area contributed by atoms with E-state index in [1.54, 1.807) is 6.92 Å². The highest BCUT2D eigenvalue weighted by atomic mass is 19.4. The van der Waals surface area contributed by atoms with Crippen molar-refractivity contribution in [1.29, 1.82) is 0 Å². The number of nitrogens with zero attached hydrogens (tertiary/aromatic N) is 2. The van der Waals surface area contributed by atoms with Crippen LogP contribution in [0, 0.1) is 0 Å². The lowest BCUT2D eigenvalue weighted by Gasteiger charge is -2.15. The van der Waals surface area contributed by atoms with Crippen LogP contribution < -0.4 is 11.2 Å². The maximum absolute atomic E-state index is 12.7. The first-order valence-corrected chi connectivity index (χ1v) is 7.24. The number of benzene rings is 1. The van der Waals surface area contributed by atoms with Crippen molar-refractivity contribution >= 4 is 11.0 Å². The van der Waals surface area contributed by atoms with Crippen LogP contribution in [0.2, 0.25) is 0 Å². The molecule has 0 saturated carbocycles. The highest BCUT2D eigenvalue weighted by Crippen LogP contribution is 2.30. The van der Waals surface area contributed by atoms with E-state index in [9.17, 15) is 27.9 Å². The molecular weight excluding hydrogens is 341 g/mol. The molecule has 0 unspecified atom stereocenters.